The average Bonchev–Trinajstić information content (AvgIpc) is 3.16. The number of carbonyl (C=O) groups excluding carboxylic acids is 1. The monoisotopic (exact) mass is 374 g/mol. The smallest absolute Gasteiger partial charge is 0.334 e. The molecule has 1 heterocycles. The van der Waals surface area contributed by atoms with E-state index in [9.17, 15) is 15.0 Å². The van der Waals surface area contributed by atoms with E-state index in [4.69, 9.17) is 4.74 Å². The molecule has 0 saturated heterocycles. The molecule has 5 rings (SSSR count). The van der Waals surface area contributed by atoms with Crippen LogP contribution >= 0.6 is 0 Å². The van der Waals surface area contributed by atoms with Gasteiger partial charge in [0.2, 0.25) is 0 Å². The SMILES string of the molecule is C[C@]12CC[C@H](O)C[C@H]1CC[C@@H]1[C@@H]2CC[C@]2(C)[C@@H](C3=CCOC3=O)CC[C@]12O. The molecule has 5 aliphatic rings. The highest BCUT2D eigenvalue weighted by Crippen LogP contribution is 2.69. The van der Waals surface area contributed by atoms with Gasteiger partial charge in [-0.1, -0.05) is 13.8 Å². The zero-order chi connectivity index (χ0) is 19.0. The summed E-state index contributed by atoms with van der Waals surface area (Å²) in [4.78, 5) is 12.2. The molecule has 4 nitrogen and oxygen atoms in total. The molecule has 2 N–H and O–H groups in total. The van der Waals surface area contributed by atoms with Crippen LogP contribution in [0.2, 0.25) is 0 Å². The van der Waals surface area contributed by atoms with Crippen LogP contribution in [0.3, 0.4) is 0 Å². The van der Waals surface area contributed by atoms with Gasteiger partial charge < -0.3 is 14.9 Å². The van der Waals surface area contributed by atoms with Gasteiger partial charge in [-0.15, -0.1) is 0 Å². The summed E-state index contributed by atoms with van der Waals surface area (Å²) < 4.78 is 5.20. The first-order chi connectivity index (χ1) is 12.8. The first kappa shape index (κ1) is 18.2. The number of hydrogen-bond donors (Lipinski definition) is 2. The molecule has 4 fully saturated rings. The van der Waals surface area contributed by atoms with Crippen molar-refractivity contribution < 1.29 is 19.7 Å². The van der Waals surface area contributed by atoms with E-state index in [1.165, 1.54) is 0 Å². The first-order valence-corrected chi connectivity index (χ1v) is 11.1. The van der Waals surface area contributed by atoms with Crippen molar-refractivity contribution in [1.82, 2.24) is 0 Å². The Bertz CT molecular complexity index is 686. The normalized spacial score (nSPS) is 54.6. The van der Waals surface area contributed by atoms with Crippen molar-refractivity contribution in [3.63, 3.8) is 0 Å². The standard InChI is InChI=1S/C23H34O4/c1-21-9-5-15(24)13-14(21)3-4-19-18(21)6-10-22(2)17(7-11-23(19,22)26)16-8-12-27-20(16)25/h8,14-15,17-19,24,26H,3-7,9-13H2,1-2H3/t14-,15+,17-,18+,19-,21+,22-,23+/m1/s1. The van der Waals surface area contributed by atoms with Gasteiger partial charge >= 0.3 is 5.97 Å². The number of carbonyl (C=O) groups is 1. The van der Waals surface area contributed by atoms with E-state index >= 15 is 0 Å². The van der Waals surface area contributed by atoms with E-state index in [-0.39, 0.29) is 28.8 Å². The number of ether oxygens (including phenoxy) is 1. The summed E-state index contributed by atoms with van der Waals surface area (Å²) in [5.74, 6) is 1.45. The summed E-state index contributed by atoms with van der Waals surface area (Å²) in [5.41, 5.74) is 0.185. The Kier molecular flexibility index (Phi) is 3.92. The van der Waals surface area contributed by atoms with Crippen LogP contribution in [0.25, 0.3) is 0 Å². The molecule has 0 radical (unpaired) electrons. The van der Waals surface area contributed by atoms with E-state index < -0.39 is 5.60 Å². The molecule has 1 aliphatic heterocycles. The number of aliphatic hydroxyl groups excluding tert-OH is 1. The average molecular weight is 375 g/mol. The molecule has 0 amide bonds. The highest BCUT2D eigenvalue weighted by atomic mass is 16.5. The summed E-state index contributed by atoms with van der Waals surface area (Å²) in [6.45, 7) is 5.08. The molecular weight excluding hydrogens is 340 g/mol. The van der Waals surface area contributed by atoms with Gasteiger partial charge in [-0.05, 0) is 93.0 Å². The fourth-order valence-electron chi connectivity index (χ4n) is 8.36. The molecule has 0 aromatic heterocycles. The maximum absolute atomic E-state index is 12.2. The topological polar surface area (TPSA) is 66.8 Å². The molecule has 4 aliphatic carbocycles. The lowest BCUT2D eigenvalue weighted by Crippen LogP contribution is -2.62. The first-order valence-electron chi connectivity index (χ1n) is 11.1. The molecule has 0 aromatic rings. The Morgan fingerprint density at radius 3 is 2.59 bits per heavy atom. The number of aliphatic hydroxyl groups is 2. The van der Waals surface area contributed by atoms with Crippen molar-refractivity contribution in [3.05, 3.63) is 11.6 Å². The second-order valence-corrected chi connectivity index (χ2v) is 10.7. The van der Waals surface area contributed by atoms with E-state index in [0.29, 0.717) is 24.4 Å². The van der Waals surface area contributed by atoms with Crippen LogP contribution in [0.4, 0.5) is 0 Å². The van der Waals surface area contributed by atoms with Crippen LogP contribution in [0, 0.1) is 34.5 Å². The maximum Gasteiger partial charge on any atom is 0.334 e. The Hall–Kier alpha value is -0.870. The summed E-state index contributed by atoms with van der Waals surface area (Å²) in [5, 5.41) is 22.3. The predicted octanol–water partition coefficient (Wildman–Crippen LogP) is 3.60. The van der Waals surface area contributed by atoms with Crippen molar-refractivity contribution in [2.75, 3.05) is 6.61 Å². The highest BCUT2D eigenvalue weighted by molar-refractivity contribution is 5.91. The van der Waals surface area contributed by atoms with Gasteiger partial charge in [0.1, 0.15) is 6.61 Å². The summed E-state index contributed by atoms with van der Waals surface area (Å²) in [6, 6.07) is 0. The molecule has 0 unspecified atom stereocenters. The zero-order valence-corrected chi connectivity index (χ0v) is 16.7. The third kappa shape index (κ3) is 2.26. The molecule has 0 bridgehead atoms. The Morgan fingerprint density at radius 2 is 1.85 bits per heavy atom. The van der Waals surface area contributed by atoms with Crippen LogP contribution in [-0.2, 0) is 9.53 Å². The van der Waals surface area contributed by atoms with Gasteiger partial charge in [0, 0.05) is 11.0 Å². The Labute approximate surface area is 162 Å². The van der Waals surface area contributed by atoms with Crippen molar-refractivity contribution >= 4 is 5.97 Å². The number of fused-ring (bicyclic) bond motifs is 5. The van der Waals surface area contributed by atoms with Gasteiger partial charge in [0.15, 0.2) is 0 Å². The minimum Gasteiger partial charge on any atom is -0.458 e. The molecule has 27 heavy (non-hydrogen) atoms. The van der Waals surface area contributed by atoms with E-state index in [2.05, 4.69) is 13.8 Å². The van der Waals surface area contributed by atoms with Crippen molar-refractivity contribution in [2.45, 2.75) is 83.3 Å². The summed E-state index contributed by atoms with van der Waals surface area (Å²) in [7, 11) is 0. The molecular formula is C23H34O4. The lowest BCUT2D eigenvalue weighted by molar-refractivity contribution is -0.208. The van der Waals surface area contributed by atoms with Gasteiger partial charge in [-0.2, -0.15) is 0 Å². The van der Waals surface area contributed by atoms with Gasteiger partial charge in [0.25, 0.3) is 0 Å². The third-order valence-electron chi connectivity index (χ3n) is 9.95. The minimum absolute atomic E-state index is 0.132. The van der Waals surface area contributed by atoms with Crippen LogP contribution in [0.1, 0.15) is 71.6 Å². The molecule has 0 aromatic carbocycles. The molecule has 8 atom stereocenters. The summed E-state index contributed by atoms with van der Waals surface area (Å²) in [6.07, 6.45) is 10.8. The second kappa shape index (κ2) is 5.82. The van der Waals surface area contributed by atoms with Crippen LogP contribution in [0.15, 0.2) is 11.6 Å². The fraction of sp³-hybridized carbons (Fsp3) is 0.870. The van der Waals surface area contributed by atoms with Crippen LogP contribution in [-0.4, -0.2) is 34.5 Å². The Morgan fingerprint density at radius 1 is 1.04 bits per heavy atom. The minimum atomic E-state index is -0.672. The zero-order valence-electron chi connectivity index (χ0n) is 16.7. The second-order valence-electron chi connectivity index (χ2n) is 10.7. The lowest BCUT2D eigenvalue weighted by Gasteiger charge is -2.63. The van der Waals surface area contributed by atoms with Gasteiger partial charge in [-0.25, -0.2) is 4.79 Å². The quantitative estimate of drug-likeness (QED) is 0.688. The van der Waals surface area contributed by atoms with E-state index in [0.717, 1.165) is 63.4 Å². The maximum atomic E-state index is 12.2. The largest absolute Gasteiger partial charge is 0.458 e. The third-order valence-corrected chi connectivity index (χ3v) is 9.95. The number of hydrogen-bond acceptors (Lipinski definition) is 4. The molecule has 4 saturated carbocycles. The number of rotatable bonds is 1. The fourth-order valence-corrected chi connectivity index (χ4v) is 8.36. The van der Waals surface area contributed by atoms with E-state index in [1.807, 2.05) is 6.08 Å². The molecule has 0 spiro atoms. The van der Waals surface area contributed by atoms with Crippen molar-refractivity contribution in [3.8, 4) is 0 Å². The van der Waals surface area contributed by atoms with Crippen LogP contribution < -0.4 is 0 Å². The highest BCUT2D eigenvalue weighted by Gasteiger charge is 2.68. The number of cyclic esters (lactones) is 1. The van der Waals surface area contributed by atoms with Crippen molar-refractivity contribution in [2.24, 2.45) is 34.5 Å². The van der Waals surface area contributed by atoms with Gasteiger partial charge in [-0.3, -0.25) is 0 Å². The van der Waals surface area contributed by atoms with Gasteiger partial charge in [0.05, 0.1) is 11.7 Å². The number of esters is 1. The predicted molar refractivity (Wildman–Crippen MR) is 102 cm³/mol. The van der Waals surface area contributed by atoms with Crippen LogP contribution in [0.5, 0.6) is 0 Å². The Balaban J connectivity index is 1.48. The lowest BCUT2D eigenvalue weighted by atomic mass is 9.43. The van der Waals surface area contributed by atoms with E-state index in [1.54, 1.807) is 0 Å². The van der Waals surface area contributed by atoms with Crippen molar-refractivity contribution in [1.29, 1.82) is 0 Å². The molecule has 150 valence electrons. The molecule has 4 heteroatoms. The summed E-state index contributed by atoms with van der Waals surface area (Å²) >= 11 is 0.